The lowest BCUT2D eigenvalue weighted by Gasteiger charge is -2.36. The lowest BCUT2D eigenvalue weighted by Crippen LogP contribution is -2.47. The van der Waals surface area contributed by atoms with Crippen LogP contribution in [0.1, 0.15) is 22.6 Å². The van der Waals surface area contributed by atoms with E-state index in [1.165, 1.54) is 22.5 Å². The van der Waals surface area contributed by atoms with Crippen molar-refractivity contribution in [2.75, 3.05) is 44.2 Å². The first kappa shape index (κ1) is 22.7. The molecule has 1 aliphatic rings. The van der Waals surface area contributed by atoms with Crippen molar-refractivity contribution < 1.29 is 9.18 Å². The van der Waals surface area contributed by atoms with E-state index >= 15 is 0 Å². The first-order valence-corrected chi connectivity index (χ1v) is 11.2. The van der Waals surface area contributed by atoms with E-state index in [4.69, 9.17) is 0 Å². The van der Waals surface area contributed by atoms with Gasteiger partial charge in [0.25, 0.3) is 5.91 Å². The van der Waals surface area contributed by atoms with Crippen LogP contribution in [0.25, 0.3) is 5.69 Å². The fraction of sp³-hybridized carbons (Fsp3) is 0.320. The maximum absolute atomic E-state index is 14.2. The van der Waals surface area contributed by atoms with Crippen LogP contribution >= 0.6 is 0 Å². The maximum Gasteiger partial charge on any atom is 0.275 e. The van der Waals surface area contributed by atoms with Crippen LogP contribution in [0, 0.1) is 12.7 Å². The van der Waals surface area contributed by atoms with Crippen molar-refractivity contribution in [1.82, 2.24) is 20.0 Å². The van der Waals surface area contributed by atoms with Crippen LogP contribution in [0.3, 0.4) is 0 Å². The summed E-state index contributed by atoms with van der Waals surface area (Å²) >= 11 is 0. The predicted octanol–water partition coefficient (Wildman–Crippen LogP) is 2.62. The Labute approximate surface area is 192 Å². The van der Waals surface area contributed by atoms with Gasteiger partial charge >= 0.3 is 0 Å². The monoisotopic (exact) mass is 449 g/mol. The Kier molecular flexibility index (Phi) is 7.14. The third kappa shape index (κ3) is 5.46. The molecule has 1 amide bonds. The second-order valence-corrected chi connectivity index (χ2v) is 8.14. The lowest BCUT2D eigenvalue weighted by molar-refractivity contribution is 0.0943. The van der Waals surface area contributed by atoms with Gasteiger partial charge in [0.15, 0.2) is 5.69 Å². The van der Waals surface area contributed by atoms with Crippen LogP contribution in [-0.2, 0) is 0 Å². The summed E-state index contributed by atoms with van der Waals surface area (Å²) in [6.07, 6.45) is 0.768. The van der Waals surface area contributed by atoms with E-state index < -0.39 is 17.2 Å². The van der Waals surface area contributed by atoms with Crippen molar-refractivity contribution in [3.05, 3.63) is 88.1 Å². The van der Waals surface area contributed by atoms with Crippen LogP contribution in [0.15, 0.2) is 65.5 Å². The largest absolute Gasteiger partial charge is 0.369 e. The SMILES string of the molecule is Cc1cc(=O)c(C(=O)NCCCN2CCN(c3ccccc3)CC2)nn1-c1ccccc1F. The summed E-state index contributed by atoms with van der Waals surface area (Å²) in [4.78, 5) is 29.7. The van der Waals surface area contributed by atoms with Gasteiger partial charge < -0.3 is 10.2 Å². The summed E-state index contributed by atoms with van der Waals surface area (Å²) in [7, 11) is 0. The number of benzene rings is 2. The molecular weight excluding hydrogens is 421 g/mol. The van der Waals surface area contributed by atoms with Gasteiger partial charge in [-0.1, -0.05) is 30.3 Å². The van der Waals surface area contributed by atoms with Gasteiger partial charge in [-0.25, -0.2) is 9.07 Å². The number of rotatable bonds is 7. The molecule has 0 unspecified atom stereocenters. The molecule has 33 heavy (non-hydrogen) atoms. The molecule has 1 saturated heterocycles. The first-order chi connectivity index (χ1) is 16.0. The molecule has 1 aliphatic heterocycles. The molecule has 0 radical (unpaired) electrons. The first-order valence-electron chi connectivity index (χ1n) is 11.2. The summed E-state index contributed by atoms with van der Waals surface area (Å²) in [6, 6.07) is 17.8. The van der Waals surface area contributed by atoms with Crippen LogP contribution in [0.5, 0.6) is 0 Å². The Balaban J connectivity index is 1.29. The quantitative estimate of drug-likeness (QED) is 0.562. The number of carbonyl (C=O) groups excluding carboxylic acids is 1. The molecule has 0 saturated carbocycles. The van der Waals surface area contributed by atoms with Gasteiger partial charge in [0.2, 0.25) is 5.43 Å². The second kappa shape index (κ2) is 10.4. The highest BCUT2D eigenvalue weighted by Gasteiger charge is 2.18. The van der Waals surface area contributed by atoms with Gasteiger partial charge in [-0.2, -0.15) is 5.10 Å². The third-order valence-electron chi connectivity index (χ3n) is 5.83. The van der Waals surface area contributed by atoms with Crippen LogP contribution < -0.4 is 15.6 Å². The van der Waals surface area contributed by atoms with Crippen LogP contribution in [0.2, 0.25) is 0 Å². The minimum absolute atomic E-state index is 0.193. The zero-order valence-electron chi connectivity index (χ0n) is 18.7. The van der Waals surface area contributed by atoms with Crippen molar-refractivity contribution in [2.24, 2.45) is 0 Å². The highest BCUT2D eigenvalue weighted by Crippen LogP contribution is 2.16. The zero-order valence-corrected chi connectivity index (χ0v) is 18.7. The number of aromatic nitrogens is 2. The molecule has 0 bridgehead atoms. The number of halogens is 1. The van der Waals surface area contributed by atoms with E-state index in [2.05, 4.69) is 44.5 Å². The summed E-state index contributed by atoms with van der Waals surface area (Å²) < 4.78 is 15.5. The molecule has 1 fully saturated rings. The molecular formula is C25H28FN5O2. The van der Waals surface area contributed by atoms with E-state index in [0.717, 1.165) is 39.1 Å². The average molecular weight is 450 g/mol. The normalized spacial score (nSPS) is 14.3. The summed E-state index contributed by atoms with van der Waals surface area (Å²) in [5, 5.41) is 6.93. The van der Waals surface area contributed by atoms with Crippen molar-refractivity contribution in [3.8, 4) is 5.69 Å². The summed E-state index contributed by atoms with van der Waals surface area (Å²) in [5.41, 5.74) is 1.18. The van der Waals surface area contributed by atoms with E-state index in [0.29, 0.717) is 12.2 Å². The van der Waals surface area contributed by atoms with Crippen molar-refractivity contribution in [3.63, 3.8) is 0 Å². The molecule has 3 aromatic rings. The van der Waals surface area contributed by atoms with Crippen molar-refractivity contribution in [2.45, 2.75) is 13.3 Å². The molecule has 2 aromatic carbocycles. The fourth-order valence-corrected chi connectivity index (χ4v) is 4.03. The Morgan fingerprint density at radius 2 is 1.73 bits per heavy atom. The minimum Gasteiger partial charge on any atom is -0.369 e. The highest BCUT2D eigenvalue weighted by molar-refractivity contribution is 5.92. The van der Waals surface area contributed by atoms with Gasteiger partial charge in [0.1, 0.15) is 11.5 Å². The van der Waals surface area contributed by atoms with E-state index in [-0.39, 0.29) is 11.4 Å². The molecule has 1 N–H and O–H groups in total. The Morgan fingerprint density at radius 1 is 1.03 bits per heavy atom. The molecule has 172 valence electrons. The van der Waals surface area contributed by atoms with Crippen molar-refractivity contribution >= 4 is 11.6 Å². The number of para-hydroxylation sites is 2. The smallest absolute Gasteiger partial charge is 0.275 e. The molecule has 0 spiro atoms. The number of nitrogens with zero attached hydrogens (tertiary/aromatic N) is 4. The van der Waals surface area contributed by atoms with Gasteiger partial charge in [0.05, 0.1) is 0 Å². The summed E-state index contributed by atoms with van der Waals surface area (Å²) in [5.74, 6) is -1.02. The zero-order chi connectivity index (χ0) is 23.2. The fourth-order valence-electron chi connectivity index (χ4n) is 4.03. The third-order valence-corrected chi connectivity index (χ3v) is 5.83. The number of nitrogens with one attached hydrogen (secondary N) is 1. The highest BCUT2D eigenvalue weighted by atomic mass is 19.1. The van der Waals surface area contributed by atoms with E-state index in [1.807, 2.05) is 6.07 Å². The van der Waals surface area contributed by atoms with Gasteiger partial charge in [-0.3, -0.25) is 14.5 Å². The predicted molar refractivity (Wildman–Crippen MR) is 127 cm³/mol. The number of hydrogen-bond donors (Lipinski definition) is 1. The minimum atomic E-state index is -0.543. The Morgan fingerprint density at radius 3 is 2.45 bits per heavy atom. The van der Waals surface area contributed by atoms with Crippen molar-refractivity contribution in [1.29, 1.82) is 0 Å². The Bertz CT molecular complexity index is 1160. The number of piperazine rings is 1. The van der Waals surface area contributed by atoms with E-state index in [9.17, 15) is 14.0 Å². The topological polar surface area (TPSA) is 70.5 Å². The molecule has 2 heterocycles. The van der Waals surface area contributed by atoms with Crippen LogP contribution in [0.4, 0.5) is 10.1 Å². The molecule has 1 aromatic heterocycles. The second-order valence-electron chi connectivity index (χ2n) is 8.14. The number of carbonyl (C=O) groups is 1. The number of aryl methyl sites for hydroxylation is 1. The molecule has 0 aliphatic carbocycles. The molecule has 8 heteroatoms. The van der Waals surface area contributed by atoms with Crippen LogP contribution in [-0.4, -0.2) is 59.9 Å². The molecule has 4 rings (SSSR count). The lowest BCUT2D eigenvalue weighted by atomic mass is 10.2. The van der Waals surface area contributed by atoms with E-state index in [1.54, 1.807) is 25.1 Å². The number of amides is 1. The standard InChI is InChI=1S/C25H28FN5O2/c1-19-18-23(32)24(28-31(19)22-11-6-5-10-21(22)26)25(33)27-12-7-13-29-14-16-30(17-15-29)20-8-3-2-4-9-20/h2-6,8-11,18H,7,12-17H2,1H3,(H,27,33). The maximum atomic E-state index is 14.2. The van der Waals surface area contributed by atoms with Gasteiger partial charge in [0, 0.05) is 50.2 Å². The van der Waals surface area contributed by atoms with Gasteiger partial charge in [-0.05, 0) is 44.2 Å². The Hall–Kier alpha value is -3.52. The van der Waals surface area contributed by atoms with Gasteiger partial charge in [-0.15, -0.1) is 0 Å². The molecule has 7 nitrogen and oxygen atoms in total. The number of hydrogen-bond acceptors (Lipinski definition) is 5. The summed E-state index contributed by atoms with van der Waals surface area (Å²) in [6.45, 7) is 6.83. The average Bonchev–Trinajstić information content (AvgIpc) is 2.83. The number of anilines is 1. The molecule has 0 atom stereocenters.